The van der Waals surface area contributed by atoms with Crippen molar-refractivity contribution in [2.45, 2.75) is 78.2 Å². The van der Waals surface area contributed by atoms with Gasteiger partial charge in [-0.15, -0.1) is 0 Å². The van der Waals surface area contributed by atoms with E-state index >= 15 is 0 Å². The minimum absolute atomic E-state index is 0.0810. The Hall–Kier alpha value is -3.13. The summed E-state index contributed by atoms with van der Waals surface area (Å²) in [7, 11) is 1.51. The van der Waals surface area contributed by atoms with Gasteiger partial charge >= 0.3 is 5.97 Å². The van der Waals surface area contributed by atoms with Crippen LogP contribution in [-0.4, -0.2) is 48.9 Å². The van der Waals surface area contributed by atoms with Crippen molar-refractivity contribution in [3.63, 3.8) is 0 Å². The van der Waals surface area contributed by atoms with E-state index in [4.69, 9.17) is 14.2 Å². The Bertz CT molecular complexity index is 876. The van der Waals surface area contributed by atoms with Crippen LogP contribution < -0.4 is 10.1 Å². The number of hydrogen-bond donors (Lipinski definition) is 2. The van der Waals surface area contributed by atoms with E-state index in [0.29, 0.717) is 30.9 Å². The number of aromatic nitrogens is 1. The highest BCUT2D eigenvalue weighted by Gasteiger charge is 2.06. The topological polar surface area (TPSA) is 107 Å². The van der Waals surface area contributed by atoms with Crippen molar-refractivity contribution in [2.75, 3.05) is 26.9 Å². The minimum atomic E-state index is -0.354. The Kier molecular flexibility index (Phi) is 18.1. The Morgan fingerprint density at radius 2 is 1.70 bits per heavy atom. The lowest BCUT2D eigenvalue weighted by Crippen LogP contribution is -2.22. The van der Waals surface area contributed by atoms with Crippen LogP contribution >= 0.6 is 0 Å². The number of nitrogens with one attached hydrogen (secondary N) is 1. The second kappa shape index (κ2) is 21.0. The third-order valence-corrected chi connectivity index (χ3v) is 5.49. The number of rotatable bonds is 17. The van der Waals surface area contributed by atoms with Crippen molar-refractivity contribution in [1.82, 2.24) is 10.3 Å². The van der Waals surface area contributed by atoms with E-state index in [1.807, 2.05) is 0 Å². The van der Waals surface area contributed by atoms with Gasteiger partial charge in [0.1, 0.15) is 6.61 Å². The second-order valence-electron chi connectivity index (χ2n) is 8.64. The van der Waals surface area contributed by atoms with Crippen molar-refractivity contribution in [3.8, 4) is 11.5 Å². The van der Waals surface area contributed by atoms with Crippen molar-refractivity contribution in [3.05, 3.63) is 53.9 Å². The predicted molar refractivity (Wildman–Crippen MR) is 145 cm³/mol. The highest BCUT2D eigenvalue weighted by Crippen LogP contribution is 2.26. The zero-order chi connectivity index (χ0) is 27.1. The molecule has 0 saturated heterocycles. The molecule has 0 aliphatic carbocycles. The third-order valence-electron chi connectivity index (χ3n) is 5.49. The summed E-state index contributed by atoms with van der Waals surface area (Å²) in [6, 6.07) is 8.47. The standard InChI is InChI=1S/C17H27NO3.C12H17NO3/c1-3-4-5-6-7-8-9-17(20)18-13-14-10-11-15(19)16(12-14)21-2;1-2-3-7-15-8-9-16-12(14)11-5-4-6-13-10-11/h10-12,19H,3-9,13H2,1-2H3,(H,18,20);4-6,10H,2-3,7-9H2,1H3. The molecule has 0 fully saturated rings. The van der Waals surface area contributed by atoms with Crippen LogP contribution in [0.15, 0.2) is 42.7 Å². The number of hydrogen-bond acceptors (Lipinski definition) is 7. The molecule has 0 unspecified atom stereocenters. The molecule has 0 bridgehead atoms. The first-order valence-corrected chi connectivity index (χ1v) is 13.3. The number of carbonyl (C=O) groups is 2. The van der Waals surface area contributed by atoms with E-state index in [2.05, 4.69) is 24.1 Å². The van der Waals surface area contributed by atoms with Gasteiger partial charge in [-0.25, -0.2) is 4.79 Å². The summed E-state index contributed by atoms with van der Waals surface area (Å²) in [5.74, 6) is 0.266. The van der Waals surface area contributed by atoms with E-state index in [9.17, 15) is 14.7 Å². The van der Waals surface area contributed by atoms with E-state index < -0.39 is 0 Å². The number of phenols is 1. The highest BCUT2D eigenvalue weighted by atomic mass is 16.6. The molecule has 1 amide bonds. The van der Waals surface area contributed by atoms with Crippen LogP contribution in [0, 0.1) is 0 Å². The first kappa shape index (κ1) is 31.9. The van der Waals surface area contributed by atoms with Gasteiger partial charge in [-0.2, -0.15) is 0 Å². The van der Waals surface area contributed by atoms with E-state index in [1.54, 1.807) is 36.5 Å². The summed E-state index contributed by atoms with van der Waals surface area (Å²) < 4.78 is 15.3. The van der Waals surface area contributed by atoms with Gasteiger partial charge in [0.25, 0.3) is 0 Å². The molecule has 2 aromatic rings. The Morgan fingerprint density at radius 1 is 0.946 bits per heavy atom. The summed E-state index contributed by atoms with van der Waals surface area (Å²) in [4.78, 5) is 27.0. The number of phenolic OH excluding ortho intramolecular Hbond substituents is 1. The zero-order valence-electron chi connectivity index (χ0n) is 22.7. The van der Waals surface area contributed by atoms with Crippen LogP contribution in [0.4, 0.5) is 0 Å². The summed E-state index contributed by atoms with van der Waals surface area (Å²) in [5.41, 5.74) is 1.39. The van der Waals surface area contributed by atoms with E-state index in [1.165, 1.54) is 39.0 Å². The largest absolute Gasteiger partial charge is 0.504 e. The Balaban J connectivity index is 0.000000384. The fraction of sp³-hybridized carbons (Fsp3) is 0.552. The Morgan fingerprint density at radius 3 is 2.41 bits per heavy atom. The third kappa shape index (κ3) is 15.6. The molecule has 2 rings (SSSR count). The molecule has 0 saturated carbocycles. The van der Waals surface area contributed by atoms with Crippen molar-refractivity contribution in [1.29, 1.82) is 0 Å². The maximum absolute atomic E-state index is 11.7. The lowest BCUT2D eigenvalue weighted by Gasteiger charge is -2.08. The molecule has 1 aromatic heterocycles. The highest BCUT2D eigenvalue weighted by molar-refractivity contribution is 5.88. The first-order chi connectivity index (χ1) is 18.0. The molecule has 0 radical (unpaired) electrons. The zero-order valence-corrected chi connectivity index (χ0v) is 22.7. The average Bonchev–Trinajstić information content (AvgIpc) is 2.92. The number of benzene rings is 1. The van der Waals surface area contributed by atoms with Gasteiger partial charge in [0.05, 0.1) is 19.3 Å². The van der Waals surface area contributed by atoms with Crippen LogP contribution in [0.25, 0.3) is 0 Å². The SMILES string of the molecule is CCCCCCCCC(=O)NCc1ccc(O)c(OC)c1.CCCCOCCOC(=O)c1cccnc1. The molecule has 0 atom stereocenters. The smallest absolute Gasteiger partial charge is 0.339 e. The molecule has 1 heterocycles. The molecule has 0 spiro atoms. The van der Waals surface area contributed by atoms with Crippen molar-refractivity contribution in [2.24, 2.45) is 0 Å². The maximum atomic E-state index is 11.7. The van der Waals surface area contributed by atoms with Gasteiger partial charge in [0.15, 0.2) is 11.5 Å². The summed E-state index contributed by atoms with van der Waals surface area (Å²) in [6.07, 6.45) is 12.9. The Labute approximate surface area is 221 Å². The molecule has 0 aliphatic heterocycles. The number of pyridine rings is 1. The van der Waals surface area contributed by atoms with Crippen LogP contribution in [0.3, 0.4) is 0 Å². The minimum Gasteiger partial charge on any atom is -0.504 e. The summed E-state index contributed by atoms with van der Waals surface area (Å²) >= 11 is 0. The van der Waals surface area contributed by atoms with E-state index in [0.717, 1.165) is 37.9 Å². The normalized spacial score (nSPS) is 10.2. The molecule has 206 valence electrons. The van der Waals surface area contributed by atoms with Crippen LogP contribution in [-0.2, 0) is 20.8 Å². The fourth-order valence-electron chi connectivity index (χ4n) is 3.30. The number of aromatic hydroxyl groups is 1. The average molecular weight is 517 g/mol. The van der Waals surface area contributed by atoms with E-state index in [-0.39, 0.29) is 24.2 Å². The lowest BCUT2D eigenvalue weighted by atomic mass is 10.1. The number of amides is 1. The van der Waals surface area contributed by atoms with Crippen LogP contribution in [0.2, 0.25) is 0 Å². The predicted octanol–water partition coefficient (Wildman–Crippen LogP) is 5.82. The van der Waals surface area contributed by atoms with Gasteiger partial charge in [0.2, 0.25) is 5.91 Å². The molecule has 8 heteroatoms. The second-order valence-corrected chi connectivity index (χ2v) is 8.64. The van der Waals surface area contributed by atoms with Crippen LogP contribution in [0.1, 0.15) is 87.6 Å². The summed E-state index contributed by atoms with van der Waals surface area (Å²) in [6.45, 7) is 6.23. The molecule has 37 heavy (non-hydrogen) atoms. The van der Waals surface area contributed by atoms with Gasteiger partial charge in [-0.05, 0) is 42.7 Å². The molecule has 8 nitrogen and oxygen atoms in total. The van der Waals surface area contributed by atoms with Gasteiger partial charge in [-0.1, -0.05) is 58.4 Å². The quantitative estimate of drug-likeness (QED) is 0.201. The molecule has 1 aromatic carbocycles. The number of esters is 1. The number of methoxy groups -OCH3 is 1. The van der Waals surface area contributed by atoms with Crippen molar-refractivity contribution >= 4 is 11.9 Å². The lowest BCUT2D eigenvalue weighted by molar-refractivity contribution is -0.121. The fourth-order valence-corrected chi connectivity index (χ4v) is 3.30. The molecular weight excluding hydrogens is 472 g/mol. The number of ether oxygens (including phenoxy) is 3. The molecular formula is C29H44N2O6. The monoisotopic (exact) mass is 516 g/mol. The van der Waals surface area contributed by atoms with Crippen LogP contribution in [0.5, 0.6) is 11.5 Å². The number of nitrogens with zero attached hydrogens (tertiary/aromatic N) is 1. The number of unbranched alkanes of at least 4 members (excludes halogenated alkanes) is 6. The number of carbonyl (C=O) groups excluding carboxylic acids is 2. The van der Waals surface area contributed by atoms with Gasteiger partial charge < -0.3 is 24.6 Å². The van der Waals surface area contributed by atoms with Gasteiger partial charge in [0, 0.05) is 32.0 Å². The maximum Gasteiger partial charge on any atom is 0.339 e. The molecule has 0 aliphatic rings. The first-order valence-electron chi connectivity index (χ1n) is 13.3. The van der Waals surface area contributed by atoms with Crippen molar-refractivity contribution < 1.29 is 28.9 Å². The van der Waals surface area contributed by atoms with Gasteiger partial charge in [-0.3, -0.25) is 9.78 Å². The molecule has 2 N–H and O–H groups in total. The summed E-state index contributed by atoms with van der Waals surface area (Å²) in [5, 5.41) is 12.4.